The number of nitrogens with zero attached hydrogens (tertiary/aromatic N) is 4. The van der Waals surface area contributed by atoms with Crippen LogP contribution < -0.4 is 11.1 Å². The van der Waals surface area contributed by atoms with Crippen LogP contribution in [-0.2, 0) is 12.0 Å². The molecule has 0 aliphatic carbocycles. The summed E-state index contributed by atoms with van der Waals surface area (Å²) in [5.74, 6) is -0.166. The summed E-state index contributed by atoms with van der Waals surface area (Å²) in [6.07, 6.45) is 7.44. The summed E-state index contributed by atoms with van der Waals surface area (Å²) >= 11 is 1.36. The number of fused-ring (bicyclic) bond motifs is 1. The monoisotopic (exact) mass is 396 g/mol. The van der Waals surface area contributed by atoms with Gasteiger partial charge in [0.2, 0.25) is 0 Å². The number of nitrogen functional groups attached to an aromatic ring is 1. The number of nitrogens with two attached hydrogens (primary N) is 1. The predicted molar refractivity (Wildman–Crippen MR) is 111 cm³/mol. The Morgan fingerprint density at radius 2 is 2.25 bits per heavy atom. The molecule has 3 aromatic rings. The number of carbonyl (C=O) groups is 1. The number of carbonyl (C=O) groups excluding carboxylic acids is 1. The third-order valence-corrected chi connectivity index (χ3v) is 6.54. The molecule has 1 aliphatic rings. The van der Waals surface area contributed by atoms with E-state index < -0.39 is 0 Å². The molecule has 0 unspecified atom stereocenters. The van der Waals surface area contributed by atoms with Crippen molar-refractivity contribution in [3.8, 4) is 0 Å². The molecule has 146 valence electrons. The van der Waals surface area contributed by atoms with Gasteiger partial charge in [0.05, 0.1) is 11.4 Å². The normalized spacial score (nSPS) is 20.4. The summed E-state index contributed by atoms with van der Waals surface area (Å²) < 4.78 is 0. The van der Waals surface area contributed by atoms with Gasteiger partial charge in [-0.2, -0.15) is 0 Å². The highest BCUT2D eigenvalue weighted by atomic mass is 32.1. The van der Waals surface area contributed by atoms with Crippen LogP contribution in [0.25, 0.3) is 10.2 Å². The number of anilines is 1. The number of thiophene rings is 1. The predicted octanol–water partition coefficient (Wildman–Crippen LogP) is 2.58. The largest absolute Gasteiger partial charge is 0.397 e. The van der Waals surface area contributed by atoms with Crippen LogP contribution in [0, 0.1) is 0 Å². The molecule has 28 heavy (non-hydrogen) atoms. The number of amides is 1. The summed E-state index contributed by atoms with van der Waals surface area (Å²) in [4.78, 5) is 29.3. The van der Waals surface area contributed by atoms with E-state index in [0.717, 1.165) is 54.1 Å². The zero-order chi connectivity index (χ0) is 19.7. The molecule has 1 saturated heterocycles. The van der Waals surface area contributed by atoms with Gasteiger partial charge in [-0.15, -0.1) is 11.3 Å². The van der Waals surface area contributed by atoms with Crippen LogP contribution in [0.1, 0.15) is 40.8 Å². The maximum atomic E-state index is 12.0. The Balaban J connectivity index is 1.61. The number of hydrogen-bond acceptors (Lipinski definition) is 7. The highest BCUT2D eigenvalue weighted by Gasteiger charge is 2.34. The lowest BCUT2D eigenvalue weighted by atomic mass is 9.78. The average Bonchev–Trinajstić information content (AvgIpc) is 3.04. The minimum Gasteiger partial charge on any atom is -0.397 e. The van der Waals surface area contributed by atoms with Crippen molar-refractivity contribution in [3.63, 3.8) is 0 Å². The molecule has 0 spiro atoms. The Morgan fingerprint density at radius 3 is 3.00 bits per heavy atom. The molecule has 0 radical (unpaired) electrons. The average molecular weight is 397 g/mol. The van der Waals surface area contributed by atoms with E-state index in [0.29, 0.717) is 10.6 Å². The molecule has 3 N–H and O–H groups in total. The van der Waals surface area contributed by atoms with Crippen LogP contribution in [0.15, 0.2) is 30.7 Å². The van der Waals surface area contributed by atoms with Gasteiger partial charge < -0.3 is 11.1 Å². The summed E-state index contributed by atoms with van der Waals surface area (Å²) in [6.45, 7) is 5.01. The summed E-state index contributed by atoms with van der Waals surface area (Å²) in [5.41, 5.74) is 8.66. The van der Waals surface area contributed by atoms with Crippen LogP contribution in [-0.4, -0.2) is 45.9 Å². The molecule has 4 heterocycles. The van der Waals surface area contributed by atoms with Gasteiger partial charge in [-0.1, -0.05) is 6.92 Å². The molecule has 3 aromatic heterocycles. The van der Waals surface area contributed by atoms with E-state index >= 15 is 0 Å². The van der Waals surface area contributed by atoms with Gasteiger partial charge in [0.25, 0.3) is 5.91 Å². The molecule has 4 rings (SSSR count). The van der Waals surface area contributed by atoms with Crippen molar-refractivity contribution in [2.45, 2.75) is 31.7 Å². The summed E-state index contributed by atoms with van der Waals surface area (Å²) in [6, 6.07) is 4.06. The molecular weight excluding hydrogens is 372 g/mol. The highest BCUT2D eigenvalue weighted by Crippen LogP contribution is 2.37. The number of nitrogens with one attached hydrogen (secondary N) is 1. The molecule has 1 fully saturated rings. The second-order valence-electron chi connectivity index (χ2n) is 7.54. The van der Waals surface area contributed by atoms with Crippen molar-refractivity contribution in [1.82, 2.24) is 25.2 Å². The number of rotatable bonds is 4. The lowest BCUT2D eigenvalue weighted by molar-refractivity contribution is 0.0968. The third kappa shape index (κ3) is 3.45. The van der Waals surface area contributed by atoms with Crippen molar-refractivity contribution in [3.05, 3.63) is 47.0 Å². The fourth-order valence-electron chi connectivity index (χ4n) is 3.94. The second-order valence-corrected chi connectivity index (χ2v) is 8.54. The lowest BCUT2D eigenvalue weighted by Gasteiger charge is -2.40. The number of hydrogen-bond donors (Lipinski definition) is 2. The molecule has 1 aliphatic heterocycles. The molecular formula is C20H24N6OS. The Hall–Kier alpha value is -2.58. The van der Waals surface area contributed by atoms with Crippen LogP contribution in [0.4, 0.5) is 5.69 Å². The fourth-order valence-corrected chi connectivity index (χ4v) is 4.98. The van der Waals surface area contributed by atoms with Gasteiger partial charge >= 0.3 is 0 Å². The van der Waals surface area contributed by atoms with Crippen molar-refractivity contribution in [1.29, 1.82) is 0 Å². The topological polar surface area (TPSA) is 97.0 Å². The zero-order valence-electron chi connectivity index (χ0n) is 16.1. The van der Waals surface area contributed by atoms with Crippen molar-refractivity contribution >= 4 is 33.1 Å². The minimum absolute atomic E-state index is 0.0550. The Kier molecular flexibility index (Phi) is 4.99. The molecule has 1 amide bonds. The van der Waals surface area contributed by atoms with Gasteiger partial charge in [0.15, 0.2) is 0 Å². The summed E-state index contributed by atoms with van der Waals surface area (Å²) in [5, 5.41) is 3.49. The van der Waals surface area contributed by atoms with Crippen LogP contribution in [0.3, 0.4) is 0 Å². The second kappa shape index (κ2) is 7.44. The first kappa shape index (κ1) is 18.8. The molecule has 0 saturated carbocycles. The Bertz CT molecular complexity index is 1000. The van der Waals surface area contributed by atoms with Crippen LogP contribution in [0.2, 0.25) is 0 Å². The quantitative estimate of drug-likeness (QED) is 0.704. The standard InChI is InChI=1S/C20H24N6OS/c1-20(6-3-9-26(12-20)11-13-10-23-7-8-24-13)15-5-4-14-16(21)17(18(27)22-2)28-19(14)25-15/h4-5,7-8,10H,3,6,9,11-12,21H2,1-2H3,(H,22,27)/t20-/m0/s1. The van der Waals surface area contributed by atoms with E-state index in [1.54, 1.807) is 19.4 Å². The van der Waals surface area contributed by atoms with Gasteiger partial charge in [-0.3, -0.25) is 19.7 Å². The van der Waals surface area contributed by atoms with E-state index in [4.69, 9.17) is 10.7 Å². The van der Waals surface area contributed by atoms with Crippen molar-refractivity contribution in [2.75, 3.05) is 25.9 Å². The molecule has 8 heteroatoms. The highest BCUT2D eigenvalue weighted by molar-refractivity contribution is 7.21. The Labute approximate surface area is 168 Å². The van der Waals surface area contributed by atoms with Crippen LogP contribution >= 0.6 is 11.3 Å². The van der Waals surface area contributed by atoms with Gasteiger partial charge in [-0.25, -0.2) is 4.98 Å². The number of piperidine rings is 1. The molecule has 0 bridgehead atoms. The van der Waals surface area contributed by atoms with Gasteiger partial charge in [0, 0.05) is 55.2 Å². The van der Waals surface area contributed by atoms with Gasteiger partial charge in [0.1, 0.15) is 9.71 Å². The minimum atomic E-state index is -0.166. The lowest BCUT2D eigenvalue weighted by Crippen LogP contribution is -2.44. The third-order valence-electron chi connectivity index (χ3n) is 5.42. The first-order chi connectivity index (χ1) is 13.5. The maximum Gasteiger partial charge on any atom is 0.263 e. The number of likely N-dealkylation sites (tertiary alicyclic amines) is 1. The van der Waals surface area contributed by atoms with E-state index in [1.165, 1.54) is 11.3 Å². The summed E-state index contributed by atoms with van der Waals surface area (Å²) in [7, 11) is 1.61. The van der Waals surface area contributed by atoms with Crippen LogP contribution in [0.5, 0.6) is 0 Å². The molecule has 7 nitrogen and oxygen atoms in total. The van der Waals surface area contributed by atoms with E-state index in [-0.39, 0.29) is 11.3 Å². The van der Waals surface area contributed by atoms with E-state index in [1.807, 2.05) is 12.3 Å². The molecule has 1 atom stereocenters. The van der Waals surface area contributed by atoms with Crippen molar-refractivity contribution < 1.29 is 4.79 Å². The van der Waals surface area contributed by atoms with E-state index in [2.05, 4.69) is 33.2 Å². The van der Waals surface area contributed by atoms with Crippen molar-refractivity contribution in [2.24, 2.45) is 0 Å². The molecule has 0 aromatic carbocycles. The smallest absolute Gasteiger partial charge is 0.263 e. The SMILES string of the molecule is CNC(=O)c1sc2nc([C@@]3(C)CCCN(Cc4cnccn4)C3)ccc2c1N. The van der Waals surface area contributed by atoms with Gasteiger partial charge in [-0.05, 0) is 31.5 Å². The Morgan fingerprint density at radius 1 is 1.39 bits per heavy atom. The number of aromatic nitrogens is 3. The first-order valence-electron chi connectivity index (χ1n) is 9.39. The fraction of sp³-hybridized carbons (Fsp3) is 0.400. The number of pyridine rings is 1. The van der Waals surface area contributed by atoms with E-state index in [9.17, 15) is 4.79 Å². The zero-order valence-corrected chi connectivity index (χ0v) is 16.9. The maximum absolute atomic E-state index is 12.0. The first-order valence-corrected chi connectivity index (χ1v) is 10.2.